The van der Waals surface area contributed by atoms with E-state index in [2.05, 4.69) is 15.4 Å². The molecule has 0 aliphatic carbocycles. The monoisotopic (exact) mass is 337 g/mol. The number of imidazole rings is 1. The first-order chi connectivity index (χ1) is 11.8. The Bertz CT molecular complexity index is 914. The molecule has 1 amide bonds. The third-order valence-electron chi connectivity index (χ3n) is 3.98. The number of benzene rings is 1. The molecular weight excluding hydrogens is 314 g/mol. The van der Waals surface area contributed by atoms with Crippen molar-refractivity contribution in [3.63, 3.8) is 0 Å². The Kier molecular flexibility index (Phi) is 4.20. The van der Waals surface area contributed by atoms with E-state index in [-0.39, 0.29) is 11.3 Å². The molecule has 0 aliphatic rings. The van der Waals surface area contributed by atoms with Crippen molar-refractivity contribution in [3.05, 3.63) is 54.1 Å². The van der Waals surface area contributed by atoms with E-state index < -0.39 is 0 Å². The second kappa shape index (κ2) is 6.20. The highest BCUT2D eigenvalue weighted by atomic mass is 16.1. The largest absolute Gasteiger partial charge is 0.334 e. The van der Waals surface area contributed by atoms with Crippen LogP contribution < -0.4 is 5.32 Å². The topological polar surface area (TPSA) is 64.7 Å². The maximum atomic E-state index is 12.8. The number of hydrogen-bond donors (Lipinski definition) is 1. The van der Waals surface area contributed by atoms with Gasteiger partial charge in [0.2, 0.25) is 0 Å². The van der Waals surface area contributed by atoms with E-state index in [9.17, 15) is 4.79 Å². The summed E-state index contributed by atoms with van der Waals surface area (Å²) in [4.78, 5) is 17.1. The summed E-state index contributed by atoms with van der Waals surface area (Å²) in [5, 5.41) is 7.43. The van der Waals surface area contributed by atoms with Crippen molar-refractivity contribution < 1.29 is 4.79 Å². The smallest absolute Gasteiger partial charge is 0.259 e. The minimum atomic E-state index is -0.206. The highest BCUT2D eigenvalue weighted by Gasteiger charge is 2.25. The van der Waals surface area contributed by atoms with Crippen molar-refractivity contribution >= 4 is 11.6 Å². The van der Waals surface area contributed by atoms with Gasteiger partial charge in [0.1, 0.15) is 5.82 Å². The normalized spacial score (nSPS) is 11.6. The summed E-state index contributed by atoms with van der Waals surface area (Å²) in [6.07, 6.45) is 5.41. The summed E-state index contributed by atoms with van der Waals surface area (Å²) in [5.74, 6) is 0.697. The fourth-order valence-electron chi connectivity index (χ4n) is 2.79. The number of hydrogen-bond acceptors (Lipinski definition) is 3. The summed E-state index contributed by atoms with van der Waals surface area (Å²) >= 11 is 0. The zero-order valence-corrected chi connectivity index (χ0v) is 15.2. The lowest BCUT2D eigenvalue weighted by Crippen LogP contribution is -2.20. The Morgan fingerprint density at radius 1 is 1.20 bits per heavy atom. The molecule has 2 heterocycles. The van der Waals surface area contributed by atoms with Crippen molar-refractivity contribution in [1.82, 2.24) is 19.3 Å². The van der Waals surface area contributed by atoms with E-state index in [1.807, 2.05) is 69.9 Å². The fourth-order valence-corrected chi connectivity index (χ4v) is 2.79. The summed E-state index contributed by atoms with van der Waals surface area (Å²) < 4.78 is 3.62. The van der Waals surface area contributed by atoms with Crippen molar-refractivity contribution in [2.24, 2.45) is 14.1 Å². The van der Waals surface area contributed by atoms with Crippen molar-refractivity contribution in [2.75, 3.05) is 5.32 Å². The molecule has 0 atom stereocenters. The highest BCUT2D eigenvalue weighted by Crippen LogP contribution is 2.26. The molecule has 0 saturated carbocycles. The van der Waals surface area contributed by atoms with Gasteiger partial charge in [0.05, 0.1) is 11.3 Å². The van der Waals surface area contributed by atoms with Crippen LogP contribution in [-0.2, 0) is 19.5 Å². The van der Waals surface area contributed by atoms with Crippen LogP contribution in [0.1, 0.15) is 36.8 Å². The maximum absolute atomic E-state index is 12.8. The van der Waals surface area contributed by atoms with Crippen molar-refractivity contribution in [3.8, 4) is 11.4 Å². The van der Waals surface area contributed by atoms with Crippen LogP contribution in [0.5, 0.6) is 0 Å². The lowest BCUT2D eigenvalue weighted by atomic mass is 9.89. The maximum Gasteiger partial charge on any atom is 0.259 e. The Hall–Kier alpha value is -2.89. The van der Waals surface area contributed by atoms with Gasteiger partial charge in [0.25, 0.3) is 5.91 Å². The van der Waals surface area contributed by atoms with Crippen molar-refractivity contribution in [1.29, 1.82) is 0 Å². The molecule has 25 heavy (non-hydrogen) atoms. The third-order valence-corrected chi connectivity index (χ3v) is 3.98. The van der Waals surface area contributed by atoms with Gasteiger partial charge < -0.3 is 9.88 Å². The standard InChI is InChI=1S/C19H23N5O/c1-19(2,3)16-15(12-24(5)22-16)18(25)21-14-8-6-7-13(11-14)17-20-9-10-23(17)4/h6-12H,1-5H3,(H,21,25). The molecule has 6 heteroatoms. The lowest BCUT2D eigenvalue weighted by molar-refractivity contribution is 0.102. The predicted molar refractivity (Wildman–Crippen MR) is 98.5 cm³/mol. The number of nitrogens with zero attached hydrogens (tertiary/aromatic N) is 4. The number of aryl methyl sites for hydroxylation is 2. The molecule has 3 rings (SSSR count). The number of nitrogens with one attached hydrogen (secondary N) is 1. The van der Waals surface area contributed by atoms with E-state index in [0.717, 1.165) is 22.8 Å². The molecule has 0 saturated heterocycles. The van der Waals surface area contributed by atoms with Crippen LogP contribution in [0.15, 0.2) is 42.9 Å². The molecule has 1 N–H and O–H groups in total. The number of aromatic nitrogens is 4. The zero-order valence-electron chi connectivity index (χ0n) is 15.2. The molecule has 2 aromatic heterocycles. The molecule has 0 spiro atoms. The number of anilines is 1. The predicted octanol–water partition coefficient (Wildman–Crippen LogP) is 3.37. The van der Waals surface area contributed by atoms with Gasteiger partial charge in [-0.15, -0.1) is 0 Å². The van der Waals surface area contributed by atoms with Gasteiger partial charge >= 0.3 is 0 Å². The van der Waals surface area contributed by atoms with E-state index >= 15 is 0 Å². The van der Waals surface area contributed by atoms with Crippen LogP contribution >= 0.6 is 0 Å². The quantitative estimate of drug-likeness (QED) is 0.797. The van der Waals surface area contributed by atoms with Crippen LogP contribution in [0.2, 0.25) is 0 Å². The van der Waals surface area contributed by atoms with Gasteiger partial charge in [-0.2, -0.15) is 5.10 Å². The molecule has 0 fully saturated rings. The Morgan fingerprint density at radius 3 is 2.60 bits per heavy atom. The van der Waals surface area contributed by atoms with E-state index in [1.54, 1.807) is 17.1 Å². The molecule has 1 aromatic carbocycles. The molecule has 0 radical (unpaired) electrons. The summed E-state index contributed by atoms with van der Waals surface area (Å²) in [6.45, 7) is 6.15. The summed E-state index contributed by atoms with van der Waals surface area (Å²) in [7, 11) is 3.77. The van der Waals surface area contributed by atoms with E-state index in [1.165, 1.54) is 0 Å². The van der Waals surface area contributed by atoms with Crippen molar-refractivity contribution in [2.45, 2.75) is 26.2 Å². The Labute approximate surface area is 147 Å². The molecule has 0 bridgehead atoms. The highest BCUT2D eigenvalue weighted by molar-refractivity contribution is 6.05. The van der Waals surface area contributed by atoms with Gasteiger partial charge in [-0.1, -0.05) is 32.9 Å². The van der Waals surface area contributed by atoms with Crippen LogP contribution in [0.25, 0.3) is 11.4 Å². The number of amides is 1. The average Bonchev–Trinajstić information content (AvgIpc) is 3.13. The van der Waals surface area contributed by atoms with Crippen LogP contribution in [0, 0.1) is 0 Å². The van der Waals surface area contributed by atoms with Gasteiger partial charge in [0, 0.05) is 49.4 Å². The van der Waals surface area contributed by atoms with Gasteiger partial charge in [0.15, 0.2) is 0 Å². The minimum Gasteiger partial charge on any atom is -0.334 e. The minimum absolute atomic E-state index is 0.157. The van der Waals surface area contributed by atoms with Gasteiger partial charge in [-0.05, 0) is 12.1 Å². The second-order valence-corrected chi connectivity index (χ2v) is 7.21. The molecule has 130 valence electrons. The van der Waals surface area contributed by atoms with Gasteiger partial charge in [-0.25, -0.2) is 4.98 Å². The van der Waals surface area contributed by atoms with Crippen LogP contribution in [0.3, 0.4) is 0 Å². The van der Waals surface area contributed by atoms with Gasteiger partial charge in [-0.3, -0.25) is 9.48 Å². The summed E-state index contributed by atoms with van der Waals surface area (Å²) in [6, 6.07) is 7.68. The first-order valence-corrected chi connectivity index (χ1v) is 8.19. The lowest BCUT2D eigenvalue weighted by Gasteiger charge is -2.17. The average molecular weight is 337 g/mol. The molecule has 0 aliphatic heterocycles. The van der Waals surface area contributed by atoms with E-state index in [0.29, 0.717) is 5.56 Å². The van der Waals surface area contributed by atoms with Crippen LogP contribution in [-0.4, -0.2) is 25.2 Å². The Balaban J connectivity index is 1.89. The number of carbonyl (C=O) groups excluding carboxylic acids is 1. The molecule has 0 unspecified atom stereocenters. The first kappa shape index (κ1) is 17.0. The SMILES string of the molecule is Cn1cc(C(=O)Nc2cccc(-c3nccn3C)c2)c(C(C)(C)C)n1. The van der Waals surface area contributed by atoms with Crippen LogP contribution in [0.4, 0.5) is 5.69 Å². The number of rotatable bonds is 3. The third kappa shape index (κ3) is 3.47. The first-order valence-electron chi connectivity index (χ1n) is 8.19. The molecule has 3 aromatic rings. The van der Waals surface area contributed by atoms with E-state index in [4.69, 9.17) is 0 Å². The zero-order chi connectivity index (χ0) is 18.2. The molecule has 6 nitrogen and oxygen atoms in total. The summed E-state index contributed by atoms with van der Waals surface area (Å²) in [5.41, 5.74) is 2.86. The second-order valence-electron chi connectivity index (χ2n) is 7.21. The number of carbonyl (C=O) groups is 1. The fraction of sp³-hybridized carbons (Fsp3) is 0.316. The Morgan fingerprint density at radius 2 is 1.96 bits per heavy atom. The molecular formula is C19H23N5O.